The molecule has 0 atom stereocenters. The Labute approximate surface area is 112 Å². The van der Waals surface area contributed by atoms with Crippen LogP contribution in [0.2, 0.25) is 0 Å². The highest BCUT2D eigenvalue weighted by Gasteiger charge is 2.29. The minimum absolute atomic E-state index is 0.129. The Balaban J connectivity index is 1.86. The molecule has 2 heterocycles. The Hall–Kier alpha value is -1.84. The first-order chi connectivity index (χ1) is 9.05. The summed E-state index contributed by atoms with van der Waals surface area (Å²) in [5.41, 5.74) is 2.79. The number of nitrogens with zero attached hydrogens (tertiary/aromatic N) is 2. The number of hydrogen-bond acceptors (Lipinski definition) is 2. The summed E-state index contributed by atoms with van der Waals surface area (Å²) in [6.07, 6.45) is 3.93. The largest absolute Gasteiger partial charge is 0.345 e. The number of amides is 1. The van der Waals surface area contributed by atoms with Gasteiger partial charge in [-0.05, 0) is 36.5 Å². The lowest BCUT2D eigenvalue weighted by atomic mass is 9.84. The number of imidazole rings is 1. The van der Waals surface area contributed by atoms with Gasteiger partial charge in [0.05, 0.1) is 17.4 Å². The van der Waals surface area contributed by atoms with Gasteiger partial charge in [-0.1, -0.05) is 13.8 Å². The zero-order chi connectivity index (χ0) is 13.5. The maximum Gasteiger partial charge on any atom is 0.253 e. The molecule has 1 saturated heterocycles. The van der Waals surface area contributed by atoms with E-state index in [-0.39, 0.29) is 11.3 Å². The highest BCUT2D eigenvalue weighted by Crippen LogP contribution is 2.29. The summed E-state index contributed by atoms with van der Waals surface area (Å²) in [7, 11) is 0. The molecule has 19 heavy (non-hydrogen) atoms. The predicted octanol–water partition coefficient (Wildman–Crippen LogP) is 2.83. The second-order valence-corrected chi connectivity index (χ2v) is 6.13. The maximum atomic E-state index is 12.5. The number of aromatic nitrogens is 2. The van der Waals surface area contributed by atoms with Crippen molar-refractivity contribution >= 4 is 16.9 Å². The number of benzene rings is 1. The quantitative estimate of drug-likeness (QED) is 0.854. The SMILES string of the molecule is CC1(C)CCCN(C(=O)c2ccc3nc[nH]c3c2)C1. The molecule has 3 rings (SSSR count). The minimum atomic E-state index is 0.129. The molecule has 1 aromatic carbocycles. The third-order valence-corrected chi connectivity index (χ3v) is 3.85. The fourth-order valence-electron chi connectivity index (χ4n) is 2.85. The first-order valence-corrected chi connectivity index (χ1v) is 6.78. The Bertz CT molecular complexity index is 615. The highest BCUT2D eigenvalue weighted by atomic mass is 16.2. The van der Waals surface area contributed by atoms with E-state index >= 15 is 0 Å². The summed E-state index contributed by atoms with van der Waals surface area (Å²) in [6.45, 7) is 6.16. The molecule has 1 aromatic heterocycles. The summed E-state index contributed by atoms with van der Waals surface area (Å²) in [5, 5.41) is 0. The van der Waals surface area contributed by atoms with Gasteiger partial charge in [-0.2, -0.15) is 0 Å². The van der Waals surface area contributed by atoms with Gasteiger partial charge in [0.15, 0.2) is 0 Å². The molecule has 1 aliphatic rings. The zero-order valence-corrected chi connectivity index (χ0v) is 11.4. The highest BCUT2D eigenvalue weighted by molar-refractivity contribution is 5.97. The molecule has 1 amide bonds. The number of piperidine rings is 1. The van der Waals surface area contributed by atoms with Crippen molar-refractivity contribution in [3.05, 3.63) is 30.1 Å². The third kappa shape index (κ3) is 2.35. The molecular formula is C15H19N3O. The molecule has 0 saturated carbocycles. The van der Waals surface area contributed by atoms with E-state index in [1.165, 1.54) is 6.42 Å². The van der Waals surface area contributed by atoms with Gasteiger partial charge in [-0.3, -0.25) is 4.79 Å². The molecule has 1 fully saturated rings. The van der Waals surface area contributed by atoms with Crippen molar-refractivity contribution in [1.82, 2.24) is 14.9 Å². The molecule has 100 valence electrons. The smallest absolute Gasteiger partial charge is 0.253 e. The second-order valence-electron chi connectivity index (χ2n) is 6.13. The molecule has 0 bridgehead atoms. The van der Waals surface area contributed by atoms with E-state index < -0.39 is 0 Å². The first kappa shape index (κ1) is 12.2. The average Bonchev–Trinajstić information content (AvgIpc) is 2.83. The Morgan fingerprint density at radius 1 is 1.42 bits per heavy atom. The molecule has 0 unspecified atom stereocenters. The fourth-order valence-corrected chi connectivity index (χ4v) is 2.85. The molecular weight excluding hydrogens is 238 g/mol. The lowest BCUT2D eigenvalue weighted by molar-refractivity contribution is 0.0583. The van der Waals surface area contributed by atoms with Crippen LogP contribution in [0.4, 0.5) is 0 Å². The standard InChI is InChI=1S/C15H19N3O/c1-15(2)6-3-7-18(9-15)14(19)11-4-5-12-13(8-11)17-10-16-12/h4-5,8,10H,3,6-7,9H2,1-2H3,(H,16,17). The Morgan fingerprint density at radius 2 is 2.26 bits per heavy atom. The number of hydrogen-bond donors (Lipinski definition) is 1. The number of aromatic amines is 1. The van der Waals surface area contributed by atoms with Gasteiger partial charge in [-0.15, -0.1) is 0 Å². The van der Waals surface area contributed by atoms with Crippen LogP contribution in [0.15, 0.2) is 24.5 Å². The van der Waals surface area contributed by atoms with Crippen LogP contribution in [0.3, 0.4) is 0 Å². The maximum absolute atomic E-state index is 12.5. The van der Waals surface area contributed by atoms with E-state index in [1.54, 1.807) is 6.33 Å². The Morgan fingerprint density at radius 3 is 3.05 bits per heavy atom. The lowest BCUT2D eigenvalue weighted by Gasteiger charge is -2.38. The molecule has 4 nitrogen and oxygen atoms in total. The molecule has 4 heteroatoms. The number of nitrogens with one attached hydrogen (secondary N) is 1. The van der Waals surface area contributed by atoms with Crippen molar-refractivity contribution in [2.75, 3.05) is 13.1 Å². The Kier molecular flexibility index (Phi) is 2.81. The number of rotatable bonds is 1. The first-order valence-electron chi connectivity index (χ1n) is 6.78. The number of carbonyl (C=O) groups excluding carboxylic acids is 1. The monoisotopic (exact) mass is 257 g/mol. The van der Waals surface area contributed by atoms with E-state index in [9.17, 15) is 4.79 Å². The normalized spacial score (nSPS) is 18.7. The fraction of sp³-hybridized carbons (Fsp3) is 0.467. The van der Waals surface area contributed by atoms with Gasteiger partial charge < -0.3 is 9.88 Å². The van der Waals surface area contributed by atoms with Crippen molar-refractivity contribution in [1.29, 1.82) is 0 Å². The number of carbonyl (C=O) groups is 1. The van der Waals surface area contributed by atoms with Gasteiger partial charge in [0.2, 0.25) is 0 Å². The van der Waals surface area contributed by atoms with Crippen molar-refractivity contribution in [2.45, 2.75) is 26.7 Å². The number of H-pyrrole nitrogens is 1. The van der Waals surface area contributed by atoms with E-state index in [1.807, 2.05) is 23.1 Å². The molecule has 1 N–H and O–H groups in total. The van der Waals surface area contributed by atoms with Crippen LogP contribution < -0.4 is 0 Å². The van der Waals surface area contributed by atoms with Gasteiger partial charge in [-0.25, -0.2) is 4.98 Å². The van der Waals surface area contributed by atoms with Crippen molar-refractivity contribution < 1.29 is 4.79 Å². The molecule has 1 aliphatic heterocycles. The van der Waals surface area contributed by atoms with Gasteiger partial charge in [0.1, 0.15) is 0 Å². The van der Waals surface area contributed by atoms with E-state index in [4.69, 9.17) is 0 Å². The van der Waals surface area contributed by atoms with Gasteiger partial charge >= 0.3 is 0 Å². The van der Waals surface area contributed by atoms with Crippen LogP contribution in [0.5, 0.6) is 0 Å². The number of fused-ring (bicyclic) bond motifs is 1. The van der Waals surface area contributed by atoms with Crippen molar-refractivity contribution in [3.63, 3.8) is 0 Å². The summed E-state index contributed by atoms with van der Waals surface area (Å²) in [4.78, 5) is 21.7. The third-order valence-electron chi connectivity index (χ3n) is 3.85. The summed E-state index contributed by atoms with van der Waals surface area (Å²) in [5.74, 6) is 0.129. The van der Waals surface area contributed by atoms with Gasteiger partial charge in [0.25, 0.3) is 5.91 Å². The van der Waals surface area contributed by atoms with E-state index in [2.05, 4.69) is 23.8 Å². The van der Waals surface area contributed by atoms with Crippen LogP contribution in [0.1, 0.15) is 37.0 Å². The van der Waals surface area contributed by atoms with Crippen LogP contribution in [-0.2, 0) is 0 Å². The minimum Gasteiger partial charge on any atom is -0.345 e. The zero-order valence-electron chi connectivity index (χ0n) is 11.4. The summed E-state index contributed by atoms with van der Waals surface area (Å²) >= 11 is 0. The van der Waals surface area contributed by atoms with E-state index in [0.717, 1.165) is 36.1 Å². The molecule has 2 aromatic rings. The van der Waals surface area contributed by atoms with Gasteiger partial charge in [0, 0.05) is 18.7 Å². The average molecular weight is 257 g/mol. The molecule has 0 aliphatic carbocycles. The van der Waals surface area contributed by atoms with Crippen LogP contribution in [-0.4, -0.2) is 33.9 Å². The molecule has 0 radical (unpaired) electrons. The summed E-state index contributed by atoms with van der Waals surface area (Å²) in [6, 6.07) is 5.66. The van der Waals surface area contributed by atoms with E-state index in [0.29, 0.717) is 0 Å². The van der Waals surface area contributed by atoms with Crippen molar-refractivity contribution in [3.8, 4) is 0 Å². The van der Waals surface area contributed by atoms with Crippen LogP contribution >= 0.6 is 0 Å². The van der Waals surface area contributed by atoms with Crippen LogP contribution in [0.25, 0.3) is 11.0 Å². The predicted molar refractivity (Wildman–Crippen MR) is 75.0 cm³/mol. The lowest BCUT2D eigenvalue weighted by Crippen LogP contribution is -2.43. The number of likely N-dealkylation sites (tertiary alicyclic amines) is 1. The molecule has 0 spiro atoms. The van der Waals surface area contributed by atoms with Crippen LogP contribution in [0, 0.1) is 5.41 Å². The van der Waals surface area contributed by atoms with Crippen molar-refractivity contribution in [2.24, 2.45) is 5.41 Å². The summed E-state index contributed by atoms with van der Waals surface area (Å²) < 4.78 is 0. The topological polar surface area (TPSA) is 49.0 Å². The second kappa shape index (κ2) is 4.37.